The Hall–Kier alpha value is -2.26. The van der Waals surface area contributed by atoms with Crippen LogP contribution in [0, 0.1) is 5.82 Å². The molecule has 1 amide bonds. The fraction of sp³-hybridized carbons (Fsp3) is 0.591. The SMILES string of the molecule is CC(C)(C)c1nnc(C(=O)NC(C)(C)c2ccc(B3OC(C)(C)C(C)(C)O3)cc2F)o1. The van der Waals surface area contributed by atoms with E-state index in [1.54, 1.807) is 26.0 Å². The van der Waals surface area contributed by atoms with Crippen LogP contribution in [-0.2, 0) is 20.3 Å². The predicted molar refractivity (Wildman–Crippen MR) is 116 cm³/mol. The number of benzene rings is 1. The largest absolute Gasteiger partial charge is 0.494 e. The second kappa shape index (κ2) is 7.41. The first kappa shape index (κ1) is 23.4. The number of carbonyl (C=O) groups excluding carboxylic acids is 1. The lowest BCUT2D eigenvalue weighted by molar-refractivity contribution is 0.00578. The van der Waals surface area contributed by atoms with Crippen molar-refractivity contribution in [3.05, 3.63) is 41.4 Å². The Labute approximate surface area is 183 Å². The summed E-state index contributed by atoms with van der Waals surface area (Å²) in [5.41, 5.74) is -1.54. The monoisotopic (exact) mass is 431 g/mol. The fourth-order valence-electron chi connectivity index (χ4n) is 3.19. The summed E-state index contributed by atoms with van der Waals surface area (Å²) >= 11 is 0. The molecule has 2 heterocycles. The first-order valence-electron chi connectivity index (χ1n) is 10.4. The van der Waals surface area contributed by atoms with Crippen LogP contribution in [0.25, 0.3) is 0 Å². The van der Waals surface area contributed by atoms with Gasteiger partial charge in [-0.15, -0.1) is 10.2 Å². The van der Waals surface area contributed by atoms with Gasteiger partial charge in [-0.2, -0.15) is 0 Å². The highest BCUT2D eigenvalue weighted by Gasteiger charge is 2.51. The molecule has 9 heteroatoms. The highest BCUT2D eigenvalue weighted by atomic mass is 19.1. The van der Waals surface area contributed by atoms with Crippen molar-refractivity contribution in [3.8, 4) is 0 Å². The smallest absolute Gasteiger partial charge is 0.416 e. The van der Waals surface area contributed by atoms with Gasteiger partial charge < -0.3 is 19.0 Å². The van der Waals surface area contributed by atoms with E-state index in [1.807, 2.05) is 48.5 Å². The fourth-order valence-corrected chi connectivity index (χ4v) is 3.19. The highest BCUT2D eigenvalue weighted by molar-refractivity contribution is 6.62. The van der Waals surface area contributed by atoms with Crippen molar-refractivity contribution < 1.29 is 22.9 Å². The van der Waals surface area contributed by atoms with Crippen LogP contribution >= 0.6 is 0 Å². The van der Waals surface area contributed by atoms with Crippen LogP contribution in [0.2, 0.25) is 0 Å². The van der Waals surface area contributed by atoms with Gasteiger partial charge in [0.25, 0.3) is 0 Å². The standard InChI is InChI=1S/C22H31BFN3O4/c1-19(2,3)18-27-26-17(29-18)16(28)25-20(4,5)14-11-10-13(12-15(14)24)23-30-21(6,7)22(8,9)31-23/h10-12H,1-9H3,(H,25,28). The molecule has 168 valence electrons. The van der Waals surface area contributed by atoms with Crippen LogP contribution in [0.4, 0.5) is 4.39 Å². The van der Waals surface area contributed by atoms with Crippen molar-refractivity contribution >= 4 is 18.5 Å². The summed E-state index contributed by atoms with van der Waals surface area (Å²) in [5.74, 6) is -0.846. The molecular formula is C22H31BFN3O4. The lowest BCUT2D eigenvalue weighted by Gasteiger charge is -2.32. The summed E-state index contributed by atoms with van der Waals surface area (Å²) in [5, 5.41) is 10.5. The minimum Gasteiger partial charge on any atom is -0.416 e. The molecule has 31 heavy (non-hydrogen) atoms. The zero-order valence-corrected chi connectivity index (χ0v) is 19.7. The summed E-state index contributed by atoms with van der Waals surface area (Å²) in [4.78, 5) is 12.6. The molecule has 1 N–H and O–H groups in total. The predicted octanol–water partition coefficient (Wildman–Crippen LogP) is 3.47. The molecule has 1 aliphatic rings. The Bertz CT molecular complexity index is 979. The third kappa shape index (κ3) is 4.53. The normalized spacial score (nSPS) is 18.3. The van der Waals surface area contributed by atoms with Gasteiger partial charge in [0.05, 0.1) is 16.7 Å². The van der Waals surface area contributed by atoms with Gasteiger partial charge in [-0.05, 0) is 53.1 Å². The number of nitrogens with one attached hydrogen (secondary N) is 1. The number of hydrogen-bond donors (Lipinski definition) is 1. The molecular weight excluding hydrogens is 400 g/mol. The van der Waals surface area contributed by atoms with Crippen molar-refractivity contribution in [2.75, 3.05) is 0 Å². The maximum absolute atomic E-state index is 15.1. The third-order valence-electron chi connectivity index (χ3n) is 5.88. The van der Waals surface area contributed by atoms with E-state index in [1.165, 1.54) is 6.07 Å². The Morgan fingerprint density at radius 3 is 2.10 bits per heavy atom. The highest BCUT2D eigenvalue weighted by Crippen LogP contribution is 2.36. The molecule has 7 nitrogen and oxygen atoms in total. The maximum atomic E-state index is 15.1. The van der Waals surface area contributed by atoms with Gasteiger partial charge in [0.1, 0.15) is 5.82 Å². The number of hydrogen-bond acceptors (Lipinski definition) is 6. The van der Waals surface area contributed by atoms with Crippen LogP contribution in [0.1, 0.15) is 84.5 Å². The number of amides is 1. The van der Waals surface area contributed by atoms with Crippen LogP contribution in [0.5, 0.6) is 0 Å². The van der Waals surface area contributed by atoms with E-state index in [9.17, 15) is 4.79 Å². The molecule has 0 saturated carbocycles. The van der Waals surface area contributed by atoms with E-state index in [4.69, 9.17) is 13.7 Å². The number of halogens is 1. The Morgan fingerprint density at radius 1 is 1.03 bits per heavy atom. The maximum Gasteiger partial charge on any atom is 0.494 e. The van der Waals surface area contributed by atoms with Crippen molar-refractivity contribution in [1.29, 1.82) is 0 Å². The lowest BCUT2D eigenvalue weighted by atomic mass is 9.77. The second-order valence-electron chi connectivity index (χ2n) is 10.6. The molecule has 2 aromatic rings. The molecule has 1 saturated heterocycles. The molecule has 0 atom stereocenters. The Balaban J connectivity index is 1.79. The van der Waals surface area contributed by atoms with Gasteiger partial charge in [0.15, 0.2) is 0 Å². The molecule has 0 bridgehead atoms. The minimum atomic E-state index is -1.02. The van der Waals surface area contributed by atoms with E-state index in [-0.39, 0.29) is 11.3 Å². The summed E-state index contributed by atoms with van der Waals surface area (Å²) in [7, 11) is -0.666. The quantitative estimate of drug-likeness (QED) is 0.747. The summed E-state index contributed by atoms with van der Waals surface area (Å²) < 4.78 is 32.6. The van der Waals surface area contributed by atoms with Crippen LogP contribution < -0.4 is 10.8 Å². The van der Waals surface area contributed by atoms with Gasteiger partial charge in [-0.25, -0.2) is 4.39 Å². The van der Waals surface area contributed by atoms with Crippen molar-refractivity contribution in [2.45, 2.75) is 84.5 Å². The first-order valence-corrected chi connectivity index (χ1v) is 10.4. The number of aromatic nitrogens is 2. The van der Waals surface area contributed by atoms with Gasteiger partial charge in [-0.3, -0.25) is 4.79 Å². The van der Waals surface area contributed by atoms with E-state index in [2.05, 4.69) is 15.5 Å². The topological polar surface area (TPSA) is 86.5 Å². The lowest BCUT2D eigenvalue weighted by Crippen LogP contribution is -2.42. The summed E-state index contributed by atoms with van der Waals surface area (Å²) in [6.45, 7) is 16.9. The van der Waals surface area contributed by atoms with Gasteiger partial charge in [-0.1, -0.05) is 32.9 Å². The third-order valence-corrected chi connectivity index (χ3v) is 5.88. The number of nitrogens with zero attached hydrogens (tertiary/aromatic N) is 2. The average Bonchev–Trinajstić information content (AvgIpc) is 3.17. The zero-order valence-electron chi connectivity index (χ0n) is 19.7. The molecule has 1 aromatic heterocycles. The molecule has 1 aliphatic heterocycles. The number of rotatable bonds is 4. The molecule has 1 fully saturated rings. The van der Waals surface area contributed by atoms with Crippen molar-refractivity contribution in [2.24, 2.45) is 0 Å². The molecule has 0 spiro atoms. The van der Waals surface area contributed by atoms with Crippen molar-refractivity contribution in [3.63, 3.8) is 0 Å². The molecule has 0 unspecified atom stereocenters. The van der Waals surface area contributed by atoms with E-state index < -0.39 is 35.6 Å². The zero-order chi connectivity index (χ0) is 23.4. The Kier molecular flexibility index (Phi) is 5.60. The van der Waals surface area contributed by atoms with Crippen LogP contribution in [0.3, 0.4) is 0 Å². The summed E-state index contributed by atoms with van der Waals surface area (Å²) in [6.07, 6.45) is 0. The average molecular weight is 431 g/mol. The molecule has 3 rings (SSSR count). The van der Waals surface area contributed by atoms with Gasteiger partial charge >= 0.3 is 18.9 Å². The summed E-state index contributed by atoms with van der Waals surface area (Å²) in [6, 6.07) is 4.76. The molecule has 1 aromatic carbocycles. The van der Waals surface area contributed by atoms with Crippen molar-refractivity contribution in [1.82, 2.24) is 15.5 Å². The van der Waals surface area contributed by atoms with E-state index >= 15 is 4.39 Å². The van der Waals surface area contributed by atoms with Crippen LogP contribution in [-0.4, -0.2) is 34.4 Å². The Morgan fingerprint density at radius 2 is 1.61 bits per heavy atom. The minimum absolute atomic E-state index is 0.160. The van der Waals surface area contributed by atoms with E-state index in [0.29, 0.717) is 16.9 Å². The molecule has 0 radical (unpaired) electrons. The second-order valence-corrected chi connectivity index (χ2v) is 10.6. The van der Waals surface area contributed by atoms with Gasteiger partial charge in [0, 0.05) is 11.0 Å². The van der Waals surface area contributed by atoms with Crippen LogP contribution in [0.15, 0.2) is 22.6 Å². The van der Waals surface area contributed by atoms with E-state index in [0.717, 1.165) is 0 Å². The molecule has 0 aliphatic carbocycles. The number of carbonyl (C=O) groups is 1. The first-order chi connectivity index (χ1) is 14.0. The van der Waals surface area contributed by atoms with Gasteiger partial charge in [0.2, 0.25) is 5.89 Å².